The van der Waals surface area contributed by atoms with Crippen LogP contribution in [0.15, 0.2) is 18.2 Å². The van der Waals surface area contributed by atoms with Gasteiger partial charge in [0, 0.05) is 6.61 Å². The van der Waals surface area contributed by atoms with E-state index in [2.05, 4.69) is 37.4 Å². The molecular weight excluding hydrogens is 238 g/mol. The minimum absolute atomic E-state index is 0.250. The summed E-state index contributed by atoms with van der Waals surface area (Å²) in [6, 6.07) is 6.90. The Labute approximate surface area is 116 Å². The molecule has 1 aromatic rings. The van der Waals surface area contributed by atoms with Crippen LogP contribution in [0.1, 0.15) is 35.6 Å². The third-order valence-electron chi connectivity index (χ3n) is 3.61. The Kier molecular flexibility index (Phi) is 5.37. The van der Waals surface area contributed by atoms with Gasteiger partial charge < -0.3 is 14.8 Å². The van der Waals surface area contributed by atoms with Gasteiger partial charge in [0.1, 0.15) is 0 Å². The molecule has 2 unspecified atom stereocenters. The second-order valence-corrected chi connectivity index (χ2v) is 5.43. The van der Waals surface area contributed by atoms with Gasteiger partial charge in [-0.25, -0.2) is 0 Å². The van der Waals surface area contributed by atoms with Crippen molar-refractivity contribution in [3.63, 3.8) is 0 Å². The Hall–Kier alpha value is -0.900. The van der Waals surface area contributed by atoms with Crippen molar-refractivity contribution >= 4 is 0 Å². The first-order valence-electron chi connectivity index (χ1n) is 7.14. The normalized spacial score (nSPS) is 20.7. The Morgan fingerprint density at radius 3 is 2.63 bits per heavy atom. The summed E-state index contributed by atoms with van der Waals surface area (Å²) >= 11 is 0. The Bertz CT molecular complexity index is 379. The first kappa shape index (κ1) is 14.5. The van der Waals surface area contributed by atoms with Gasteiger partial charge in [-0.05, 0) is 39.3 Å². The van der Waals surface area contributed by atoms with Crippen LogP contribution >= 0.6 is 0 Å². The zero-order valence-corrected chi connectivity index (χ0v) is 12.2. The summed E-state index contributed by atoms with van der Waals surface area (Å²) in [6.45, 7) is 6.57. The van der Waals surface area contributed by atoms with Crippen molar-refractivity contribution in [3.8, 4) is 0 Å². The minimum Gasteiger partial charge on any atom is -0.377 e. The number of aryl methyl sites for hydroxylation is 2. The predicted octanol–water partition coefficient (Wildman–Crippen LogP) is 2.76. The molecule has 0 aliphatic carbocycles. The average Bonchev–Trinajstić information content (AvgIpc) is 2.86. The molecule has 0 saturated carbocycles. The van der Waals surface area contributed by atoms with Crippen molar-refractivity contribution in [1.29, 1.82) is 0 Å². The molecule has 0 spiro atoms. The molecule has 0 bridgehead atoms. The molecule has 1 aliphatic rings. The van der Waals surface area contributed by atoms with Crippen LogP contribution in [0.3, 0.4) is 0 Å². The molecule has 1 N–H and O–H groups in total. The first-order chi connectivity index (χ1) is 9.19. The van der Waals surface area contributed by atoms with Gasteiger partial charge in [0.25, 0.3) is 0 Å². The maximum atomic E-state index is 5.82. The molecule has 1 heterocycles. The van der Waals surface area contributed by atoms with Gasteiger partial charge in [0.15, 0.2) is 0 Å². The van der Waals surface area contributed by atoms with Crippen LogP contribution in [-0.4, -0.2) is 33.0 Å². The quantitative estimate of drug-likeness (QED) is 0.856. The Morgan fingerprint density at radius 2 is 2.05 bits per heavy atom. The van der Waals surface area contributed by atoms with Crippen molar-refractivity contribution in [2.75, 3.05) is 26.9 Å². The van der Waals surface area contributed by atoms with Gasteiger partial charge in [-0.2, -0.15) is 0 Å². The maximum Gasteiger partial charge on any atom is 0.0809 e. The van der Waals surface area contributed by atoms with E-state index in [1.807, 2.05) is 7.05 Å². The number of hydrogen-bond donors (Lipinski definition) is 1. The van der Waals surface area contributed by atoms with Crippen LogP contribution in [0.4, 0.5) is 0 Å². The molecule has 1 aliphatic heterocycles. The van der Waals surface area contributed by atoms with Crippen LogP contribution in [0.25, 0.3) is 0 Å². The molecule has 19 heavy (non-hydrogen) atoms. The lowest BCUT2D eigenvalue weighted by atomic mass is 10.0. The number of benzene rings is 1. The summed E-state index contributed by atoms with van der Waals surface area (Å²) in [5.41, 5.74) is 3.90. The van der Waals surface area contributed by atoms with E-state index in [4.69, 9.17) is 9.47 Å². The van der Waals surface area contributed by atoms with Crippen molar-refractivity contribution < 1.29 is 9.47 Å². The van der Waals surface area contributed by atoms with Crippen molar-refractivity contribution in [3.05, 3.63) is 34.9 Å². The van der Waals surface area contributed by atoms with E-state index in [-0.39, 0.29) is 6.04 Å². The summed E-state index contributed by atoms with van der Waals surface area (Å²) in [5.74, 6) is 0. The SMILES string of the molecule is CNC(COCC1CCCO1)c1cc(C)cc(C)c1. The zero-order chi connectivity index (χ0) is 13.7. The predicted molar refractivity (Wildman–Crippen MR) is 77.5 cm³/mol. The summed E-state index contributed by atoms with van der Waals surface area (Å²) in [7, 11) is 1.98. The second kappa shape index (κ2) is 7.04. The number of rotatable bonds is 6. The van der Waals surface area contributed by atoms with Crippen LogP contribution in [-0.2, 0) is 9.47 Å². The molecule has 2 rings (SSSR count). The van der Waals surface area contributed by atoms with Crippen LogP contribution in [0.2, 0.25) is 0 Å². The molecule has 0 amide bonds. The van der Waals surface area contributed by atoms with E-state index in [0.29, 0.717) is 19.3 Å². The monoisotopic (exact) mass is 263 g/mol. The molecule has 0 radical (unpaired) electrons. The van der Waals surface area contributed by atoms with E-state index in [0.717, 1.165) is 13.0 Å². The Balaban J connectivity index is 1.87. The third kappa shape index (κ3) is 4.30. The first-order valence-corrected chi connectivity index (χ1v) is 7.14. The van der Waals surface area contributed by atoms with Gasteiger partial charge in [-0.1, -0.05) is 29.3 Å². The lowest BCUT2D eigenvalue weighted by Crippen LogP contribution is -2.24. The highest BCUT2D eigenvalue weighted by molar-refractivity contribution is 5.30. The molecule has 2 atom stereocenters. The van der Waals surface area contributed by atoms with Gasteiger partial charge >= 0.3 is 0 Å². The van der Waals surface area contributed by atoms with E-state index in [1.165, 1.54) is 23.1 Å². The maximum absolute atomic E-state index is 5.82. The zero-order valence-electron chi connectivity index (χ0n) is 12.2. The number of likely N-dealkylation sites (N-methyl/N-ethyl adjacent to an activating group) is 1. The fraction of sp³-hybridized carbons (Fsp3) is 0.625. The standard InChI is InChI=1S/C16H25NO2/c1-12-7-13(2)9-14(8-12)16(17-3)11-18-10-15-5-4-6-19-15/h7-9,15-17H,4-6,10-11H2,1-3H3. The fourth-order valence-electron chi connectivity index (χ4n) is 2.65. The molecular formula is C16H25NO2. The Morgan fingerprint density at radius 1 is 1.32 bits per heavy atom. The summed E-state index contributed by atoms with van der Waals surface area (Å²) in [5, 5.41) is 3.33. The van der Waals surface area contributed by atoms with Crippen molar-refractivity contribution in [2.45, 2.75) is 38.8 Å². The molecule has 0 aromatic heterocycles. The molecule has 3 heteroatoms. The van der Waals surface area contributed by atoms with E-state index in [9.17, 15) is 0 Å². The summed E-state index contributed by atoms with van der Waals surface area (Å²) in [4.78, 5) is 0. The van der Waals surface area contributed by atoms with Gasteiger partial charge in [-0.15, -0.1) is 0 Å². The molecule has 1 aromatic carbocycles. The lowest BCUT2D eigenvalue weighted by molar-refractivity contribution is 0.0105. The van der Waals surface area contributed by atoms with Crippen LogP contribution in [0.5, 0.6) is 0 Å². The van der Waals surface area contributed by atoms with E-state index >= 15 is 0 Å². The molecule has 3 nitrogen and oxygen atoms in total. The topological polar surface area (TPSA) is 30.5 Å². The highest BCUT2D eigenvalue weighted by Crippen LogP contribution is 2.18. The largest absolute Gasteiger partial charge is 0.377 e. The second-order valence-electron chi connectivity index (χ2n) is 5.43. The average molecular weight is 263 g/mol. The number of nitrogens with one attached hydrogen (secondary N) is 1. The number of ether oxygens (including phenoxy) is 2. The van der Waals surface area contributed by atoms with Crippen molar-refractivity contribution in [2.24, 2.45) is 0 Å². The van der Waals surface area contributed by atoms with Gasteiger partial charge in [0.05, 0.1) is 25.4 Å². The number of hydrogen-bond acceptors (Lipinski definition) is 3. The van der Waals surface area contributed by atoms with Gasteiger partial charge in [-0.3, -0.25) is 0 Å². The van der Waals surface area contributed by atoms with Gasteiger partial charge in [0.2, 0.25) is 0 Å². The highest BCUT2D eigenvalue weighted by Gasteiger charge is 2.17. The summed E-state index contributed by atoms with van der Waals surface area (Å²) < 4.78 is 11.4. The minimum atomic E-state index is 0.250. The molecule has 106 valence electrons. The lowest BCUT2D eigenvalue weighted by Gasteiger charge is -2.19. The summed E-state index contributed by atoms with van der Waals surface area (Å²) in [6.07, 6.45) is 2.60. The molecule has 1 saturated heterocycles. The van der Waals surface area contributed by atoms with Crippen molar-refractivity contribution in [1.82, 2.24) is 5.32 Å². The highest BCUT2D eigenvalue weighted by atomic mass is 16.5. The van der Waals surface area contributed by atoms with Crippen LogP contribution in [0, 0.1) is 13.8 Å². The van der Waals surface area contributed by atoms with E-state index in [1.54, 1.807) is 0 Å². The fourth-order valence-corrected chi connectivity index (χ4v) is 2.65. The van der Waals surface area contributed by atoms with Crippen LogP contribution < -0.4 is 5.32 Å². The smallest absolute Gasteiger partial charge is 0.0809 e. The molecule has 1 fully saturated rings. The third-order valence-corrected chi connectivity index (χ3v) is 3.61. The van der Waals surface area contributed by atoms with E-state index < -0.39 is 0 Å².